The van der Waals surface area contributed by atoms with Crippen molar-refractivity contribution in [3.05, 3.63) is 92.0 Å². The maximum absolute atomic E-state index is 14.2. The van der Waals surface area contributed by atoms with Crippen molar-refractivity contribution in [2.24, 2.45) is 0 Å². The normalized spacial score (nSPS) is 16.5. The van der Waals surface area contributed by atoms with Crippen LogP contribution >= 0.6 is 0 Å². The van der Waals surface area contributed by atoms with E-state index in [-0.39, 0.29) is 18.3 Å². The lowest BCUT2D eigenvalue weighted by Gasteiger charge is -2.18. The SMILES string of the molecule is Cc1ccc(-n2nc(C(=O)NC[C@H]3CCCO3)c(=O)n([C@@H](C)c3ccccc3)c2=O)cc1F. The van der Waals surface area contributed by atoms with Gasteiger partial charge in [0, 0.05) is 19.2 Å². The Labute approximate surface area is 189 Å². The van der Waals surface area contributed by atoms with Gasteiger partial charge in [-0.15, -0.1) is 0 Å². The van der Waals surface area contributed by atoms with Crippen LogP contribution in [0.3, 0.4) is 0 Å². The van der Waals surface area contributed by atoms with E-state index in [0.717, 1.165) is 28.2 Å². The molecule has 1 aromatic heterocycles. The summed E-state index contributed by atoms with van der Waals surface area (Å²) in [6.45, 7) is 4.14. The van der Waals surface area contributed by atoms with Gasteiger partial charge in [0.2, 0.25) is 5.69 Å². The third-order valence-corrected chi connectivity index (χ3v) is 5.81. The average molecular weight is 452 g/mol. The molecule has 0 radical (unpaired) electrons. The molecule has 2 aromatic carbocycles. The van der Waals surface area contributed by atoms with Gasteiger partial charge in [0.05, 0.1) is 17.8 Å². The smallest absolute Gasteiger partial charge is 0.352 e. The minimum absolute atomic E-state index is 0.116. The zero-order chi connectivity index (χ0) is 23.5. The fourth-order valence-electron chi connectivity index (χ4n) is 3.83. The van der Waals surface area contributed by atoms with Crippen LogP contribution in [0.25, 0.3) is 5.69 Å². The molecule has 2 atom stereocenters. The molecule has 172 valence electrons. The highest BCUT2D eigenvalue weighted by molar-refractivity contribution is 5.91. The summed E-state index contributed by atoms with van der Waals surface area (Å²) in [5, 5.41) is 6.72. The highest BCUT2D eigenvalue weighted by Gasteiger charge is 2.25. The zero-order valence-electron chi connectivity index (χ0n) is 18.5. The molecule has 33 heavy (non-hydrogen) atoms. The van der Waals surface area contributed by atoms with Crippen LogP contribution in [0, 0.1) is 12.7 Å². The van der Waals surface area contributed by atoms with Gasteiger partial charge in [-0.25, -0.2) is 13.8 Å². The van der Waals surface area contributed by atoms with Crippen molar-refractivity contribution in [3.63, 3.8) is 0 Å². The van der Waals surface area contributed by atoms with Crippen molar-refractivity contribution < 1.29 is 13.9 Å². The Kier molecular flexibility index (Phi) is 6.50. The van der Waals surface area contributed by atoms with Crippen LogP contribution in [-0.4, -0.2) is 39.5 Å². The van der Waals surface area contributed by atoms with Crippen molar-refractivity contribution in [2.75, 3.05) is 13.2 Å². The molecule has 0 unspecified atom stereocenters. The number of rotatable bonds is 6. The van der Waals surface area contributed by atoms with E-state index < -0.39 is 34.7 Å². The fraction of sp³-hybridized carbons (Fsp3) is 0.333. The van der Waals surface area contributed by atoms with E-state index in [2.05, 4.69) is 10.4 Å². The van der Waals surface area contributed by atoms with Gasteiger partial charge in [-0.1, -0.05) is 36.4 Å². The van der Waals surface area contributed by atoms with E-state index in [1.165, 1.54) is 12.1 Å². The Morgan fingerprint density at radius 2 is 2.00 bits per heavy atom. The molecule has 8 nitrogen and oxygen atoms in total. The van der Waals surface area contributed by atoms with Crippen LogP contribution < -0.4 is 16.6 Å². The first kappa shape index (κ1) is 22.6. The van der Waals surface area contributed by atoms with Crippen LogP contribution in [0.1, 0.15) is 47.4 Å². The standard InChI is InChI=1S/C24H25FN4O4/c1-15-10-11-18(13-20(15)25)29-24(32)28(16(2)17-7-4-3-5-8-17)23(31)21(27-29)22(30)26-14-19-9-6-12-33-19/h3-5,7-8,10-11,13,16,19H,6,9,12,14H2,1-2H3,(H,26,30)/t16-,19+/m0/s1. The molecule has 0 spiro atoms. The van der Waals surface area contributed by atoms with Crippen molar-refractivity contribution >= 4 is 5.91 Å². The first-order valence-electron chi connectivity index (χ1n) is 10.8. The molecular weight excluding hydrogens is 427 g/mol. The summed E-state index contributed by atoms with van der Waals surface area (Å²) in [6.07, 6.45) is 1.59. The fourth-order valence-corrected chi connectivity index (χ4v) is 3.83. The molecule has 1 amide bonds. The minimum atomic E-state index is -0.815. The van der Waals surface area contributed by atoms with Crippen LogP contribution in [0.4, 0.5) is 4.39 Å². The van der Waals surface area contributed by atoms with Crippen molar-refractivity contribution in [1.82, 2.24) is 19.7 Å². The second kappa shape index (κ2) is 9.50. The van der Waals surface area contributed by atoms with Gasteiger partial charge in [-0.2, -0.15) is 9.78 Å². The number of aryl methyl sites for hydroxylation is 1. The molecule has 0 bridgehead atoms. The van der Waals surface area contributed by atoms with Gasteiger partial charge in [-0.3, -0.25) is 9.59 Å². The number of hydrogen-bond donors (Lipinski definition) is 1. The summed E-state index contributed by atoms with van der Waals surface area (Å²) in [7, 11) is 0. The molecule has 1 N–H and O–H groups in total. The number of carbonyl (C=O) groups is 1. The lowest BCUT2D eigenvalue weighted by molar-refractivity contribution is 0.0849. The predicted octanol–water partition coefficient (Wildman–Crippen LogP) is 2.36. The molecule has 1 saturated heterocycles. The van der Waals surface area contributed by atoms with Gasteiger partial charge in [0.25, 0.3) is 11.5 Å². The second-order valence-electron chi connectivity index (χ2n) is 8.08. The Bertz CT molecular complexity index is 1280. The number of halogens is 1. The molecule has 4 rings (SSSR count). The first-order valence-corrected chi connectivity index (χ1v) is 10.8. The molecule has 3 aromatic rings. The van der Waals surface area contributed by atoms with Crippen molar-refractivity contribution in [2.45, 2.75) is 38.8 Å². The van der Waals surface area contributed by atoms with Crippen LogP contribution in [0.2, 0.25) is 0 Å². The van der Waals surface area contributed by atoms with Gasteiger partial charge < -0.3 is 10.1 Å². The van der Waals surface area contributed by atoms with Gasteiger partial charge in [0.15, 0.2) is 0 Å². The van der Waals surface area contributed by atoms with Gasteiger partial charge >= 0.3 is 5.69 Å². The molecule has 0 aliphatic carbocycles. The molecule has 1 aliphatic heterocycles. The summed E-state index contributed by atoms with van der Waals surface area (Å²) in [4.78, 5) is 39.5. The average Bonchev–Trinajstić information content (AvgIpc) is 3.34. The third kappa shape index (κ3) is 4.63. The van der Waals surface area contributed by atoms with Gasteiger partial charge in [0.1, 0.15) is 5.82 Å². The summed E-state index contributed by atoms with van der Waals surface area (Å²) >= 11 is 0. The van der Waals surface area contributed by atoms with Gasteiger partial charge in [-0.05, 0) is 43.9 Å². The maximum Gasteiger partial charge on any atom is 0.352 e. The van der Waals surface area contributed by atoms with E-state index in [1.54, 1.807) is 38.1 Å². The van der Waals surface area contributed by atoms with E-state index >= 15 is 0 Å². The number of nitrogens with zero attached hydrogens (tertiary/aromatic N) is 3. The van der Waals surface area contributed by atoms with E-state index in [4.69, 9.17) is 4.74 Å². The third-order valence-electron chi connectivity index (χ3n) is 5.81. The number of ether oxygens (including phenoxy) is 1. The highest BCUT2D eigenvalue weighted by Crippen LogP contribution is 2.16. The zero-order valence-corrected chi connectivity index (χ0v) is 18.5. The largest absolute Gasteiger partial charge is 0.376 e. The quantitative estimate of drug-likeness (QED) is 0.620. The number of aromatic nitrogens is 3. The lowest BCUT2D eigenvalue weighted by Crippen LogP contribution is -2.47. The molecule has 2 heterocycles. The number of amides is 1. The summed E-state index contributed by atoms with van der Waals surface area (Å²) in [5.41, 5.74) is -0.815. The summed E-state index contributed by atoms with van der Waals surface area (Å²) in [6, 6.07) is 12.5. The van der Waals surface area contributed by atoms with E-state index in [1.807, 2.05) is 6.07 Å². The van der Waals surface area contributed by atoms with Crippen LogP contribution in [0.15, 0.2) is 58.1 Å². The first-order chi connectivity index (χ1) is 15.9. The molecule has 1 fully saturated rings. The molecular formula is C24H25FN4O4. The number of benzene rings is 2. The Balaban J connectivity index is 1.83. The maximum atomic E-state index is 14.2. The summed E-state index contributed by atoms with van der Waals surface area (Å²) in [5.74, 6) is -1.25. The molecule has 1 aliphatic rings. The Hall–Kier alpha value is -3.59. The number of carbonyl (C=O) groups excluding carboxylic acids is 1. The second-order valence-corrected chi connectivity index (χ2v) is 8.08. The van der Waals surface area contributed by atoms with Crippen LogP contribution in [-0.2, 0) is 4.74 Å². The van der Waals surface area contributed by atoms with Crippen LogP contribution in [0.5, 0.6) is 0 Å². The predicted molar refractivity (Wildman–Crippen MR) is 120 cm³/mol. The molecule has 0 saturated carbocycles. The minimum Gasteiger partial charge on any atom is -0.376 e. The monoisotopic (exact) mass is 452 g/mol. The number of nitrogens with one attached hydrogen (secondary N) is 1. The Morgan fingerprint density at radius 3 is 2.67 bits per heavy atom. The van der Waals surface area contributed by atoms with Crippen molar-refractivity contribution in [1.29, 1.82) is 0 Å². The lowest BCUT2D eigenvalue weighted by atomic mass is 10.1. The summed E-state index contributed by atoms with van der Waals surface area (Å²) < 4.78 is 21.6. The topological polar surface area (TPSA) is 95.2 Å². The van der Waals surface area contributed by atoms with Crippen molar-refractivity contribution in [3.8, 4) is 5.69 Å². The van der Waals surface area contributed by atoms with E-state index in [9.17, 15) is 18.8 Å². The van der Waals surface area contributed by atoms with E-state index in [0.29, 0.717) is 17.7 Å². The molecule has 9 heteroatoms. The Morgan fingerprint density at radius 1 is 1.24 bits per heavy atom. The highest BCUT2D eigenvalue weighted by atomic mass is 19.1. The number of hydrogen-bond acceptors (Lipinski definition) is 5.